The highest BCUT2D eigenvalue weighted by molar-refractivity contribution is 5.53. The van der Waals surface area contributed by atoms with Gasteiger partial charge >= 0.3 is 6.16 Å². The second-order valence-electron chi connectivity index (χ2n) is 1.45. The van der Waals surface area contributed by atoms with E-state index >= 15 is 0 Å². The van der Waals surface area contributed by atoms with E-state index in [0.29, 0.717) is 19.3 Å². The summed E-state index contributed by atoms with van der Waals surface area (Å²) in [7, 11) is 0. The molecule has 0 spiro atoms. The first-order valence-corrected chi connectivity index (χ1v) is 2.81. The van der Waals surface area contributed by atoms with Gasteiger partial charge in [0.1, 0.15) is 0 Å². The Morgan fingerprint density at radius 2 is 1.45 bits per heavy atom. The van der Waals surface area contributed by atoms with Gasteiger partial charge in [-0.2, -0.15) is 10.5 Å². The predicted molar refractivity (Wildman–Crippen MR) is 35.7 cm³/mol. The molecule has 0 aliphatic rings. The Kier molecular flexibility index (Phi) is 12.1. The van der Waals surface area contributed by atoms with Crippen molar-refractivity contribution in [3.8, 4) is 12.1 Å². The van der Waals surface area contributed by atoms with Crippen LogP contribution in [0.2, 0.25) is 0 Å². The van der Waals surface area contributed by atoms with Gasteiger partial charge in [-0.1, -0.05) is 0 Å². The highest BCUT2D eigenvalue weighted by atomic mass is 16.6. The van der Waals surface area contributed by atoms with Gasteiger partial charge in [0.15, 0.2) is 0 Å². The van der Waals surface area contributed by atoms with Gasteiger partial charge < -0.3 is 10.2 Å². The average Bonchev–Trinajstić information content (AvgIpc) is 1.88. The zero-order valence-corrected chi connectivity index (χ0v) is 5.82. The Bertz CT molecular complexity index is 159. The van der Waals surface area contributed by atoms with Crippen LogP contribution in [0.1, 0.15) is 19.3 Å². The summed E-state index contributed by atoms with van der Waals surface area (Å²) < 4.78 is 0. The average molecular weight is 156 g/mol. The molecule has 0 saturated carbocycles. The molecule has 0 rings (SSSR count). The van der Waals surface area contributed by atoms with Crippen molar-refractivity contribution in [3.63, 3.8) is 0 Å². The van der Waals surface area contributed by atoms with Gasteiger partial charge in [0.05, 0.1) is 12.1 Å². The summed E-state index contributed by atoms with van der Waals surface area (Å²) in [5.74, 6) is 0. The topological polar surface area (TPSA) is 105 Å². The van der Waals surface area contributed by atoms with Crippen LogP contribution < -0.4 is 0 Å². The summed E-state index contributed by atoms with van der Waals surface area (Å²) in [6.45, 7) is 0. The number of rotatable bonds is 2. The molecule has 0 aliphatic heterocycles. The zero-order valence-electron chi connectivity index (χ0n) is 5.82. The van der Waals surface area contributed by atoms with E-state index in [2.05, 4.69) is 0 Å². The number of nitrogens with zero attached hydrogens (tertiary/aromatic N) is 2. The van der Waals surface area contributed by atoms with E-state index in [1.165, 1.54) is 0 Å². The first-order valence-electron chi connectivity index (χ1n) is 2.81. The minimum Gasteiger partial charge on any atom is -0.450 e. The normalized spacial score (nSPS) is 6.36. The molecule has 0 unspecified atom stereocenters. The molecular weight excluding hydrogens is 148 g/mol. The fraction of sp³-hybridized carbons (Fsp3) is 0.500. The van der Waals surface area contributed by atoms with Crippen LogP contribution in [0, 0.1) is 22.7 Å². The summed E-state index contributed by atoms with van der Waals surface area (Å²) in [4.78, 5) is 8.56. The van der Waals surface area contributed by atoms with Crippen molar-refractivity contribution in [3.05, 3.63) is 0 Å². The lowest BCUT2D eigenvalue weighted by Gasteiger charge is -1.75. The van der Waals surface area contributed by atoms with Gasteiger partial charge in [0.2, 0.25) is 0 Å². The standard InChI is InChI=1S/C5H6N2.CH2O3/c6-4-2-1-3-5-7;2-1(3)4/h1-3H2;(H2,2,3,4). The van der Waals surface area contributed by atoms with E-state index in [9.17, 15) is 0 Å². The van der Waals surface area contributed by atoms with Crippen LogP contribution in [-0.4, -0.2) is 16.4 Å². The zero-order chi connectivity index (χ0) is 9.11. The van der Waals surface area contributed by atoms with E-state index in [4.69, 9.17) is 25.5 Å². The largest absolute Gasteiger partial charge is 0.503 e. The third kappa shape index (κ3) is 63.7. The number of nitriles is 2. The van der Waals surface area contributed by atoms with Crippen molar-refractivity contribution < 1.29 is 15.0 Å². The van der Waals surface area contributed by atoms with Crippen molar-refractivity contribution in [2.45, 2.75) is 19.3 Å². The van der Waals surface area contributed by atoms with Gasteiger partial charge in [-0.15, -0.1) is 0 Å². The minimum absolute atomic E-state index is 0.508. The molecule has 5 nitrogen and oxygen atoms in total. The Morgan fingerprint density at radius 1 is 1.18 bits per heavy atom. The number of unbranched alkanes of at least 4 members (excludes halogenated alkanes) is 2. The lowest BCUT2D eigenvalue weighted by atomic mass is 10.3. The first-order chi connectivity index (χ1) is 5.15. The molecule has 0 aromatic rings. The van der Waals surface area contributed by atoms with E-state index < -0.39 is 6.16 Å². The smallest absolute Gasteiger partial charge is 0.450 e. The van der Waals surface area contributed by atoms with Crippen molar-refractivity contribution in [2.24, 2.45) is 0 Å². The maximum Gasteiger partial charge on any atom is 0.503 e. The van der Waals surface area contributed by atoms with Gasteiger partial charge in [0.25, 0.3) is 0 Å². The number of hydrogen-bond acceptors (Lipinski definition) is 3. The molecule has 0 aliphatic carbocycles. The predicted octanol–water partition coefficient (Wildman–Crippen LogP) is 1.43. The second-order valence-corrected chi connectivity index (χ2v) is 1.45. The molecule has 0 fully saturated rings. The van der Waals surface area contributed by atoms with Gasteiger partial charge in [-0.05, 0) is 6.42 Å². The molecule has 11 heavy (non-hydrogen) atoms. The molecule has 0 saturated heterocycles. The molecule has 60 valence electrons. The molecule has 0 atom stereocenters. The van der Waals surface area contributed by atoms with Crippen molar-refractivity contribution in [1.82, 2.24) is 0 Å². The SMILES string of the molecule is N#CCCCC#N.O=C(O)O. The summed E-state index contributed by atoms with van der Waals surface area (Å²) in [6, 6.07) is 3.90. The first kappa shape index (κ1) is 12.0. The lowest BCUT2D eigenvalue weighted by Crippen LogP contribution is -1.81. The Balaban J connectivity index is 0. The van der Waals surface area contributed by atoms with Gasteiger partial charge in [-0.3, -0.25) is 0 Å². The van der Waals surface area contributed by atoms with Crippen LogP contribution in [0.15, 0.2) is 0 Å². The molecule has 2 N–H and O–H groups in total. The maximum absolute atomic E-state index is 8.56. The van der Waals surface area contributed by atoms with Crippen molar-refractivity contribution >= 4 is 6.16 Å². The molecule has 0 radical (unpaired) electrons. The monoisotopic (exact) mass is 156 g/mol. The highest BCUT2D eigenvalue weighted by Gasteiger charge is 1.79. The Labute approximate surface area is 64.1 Å². The van der Waals surface area contributed by atoms with Gasteiger partial charge in [0, 0.05) is 12.8 Å². The second kappa shape index (κ2) is 11.1. The summed E-state index contributed by atoms with van der Waals surface area (Å²) in [5, 5.41) is 29.8. The third-order valence-corrected chi connectivity index (χ3v) is 0.577. The highest BCUT2D eigenvalue weighted by Crippen LogP contribution is 1.88. The van der Waals surface area contributed by atoms with Crippen molar-refractivity contribution in [2.75, 3.05) is 0 Å². The quantitative estimate of drug-likeness (QED) is 0.588. The summed E-state index contributed by atoms with van der Waals surface area (Å²) >= 11 is 0. The van der Waals surface area contributed by atoms with Gasteiger partial charge in [-0.25, -0.2) is 4.79 Å². The third-order valence-electron chi connectivity index (χ3n) is 0.577. The van der Waals surface area contributed by atoms with Crippen LogP contribution in [-0.2, 0) is 0 Å². The summed E-state index contributed by atoms with van der Waals surface area (Å²) in [6.07, 6.45) is -0.103. The van der Waals surface area contributed by atoms with Crippen molar-refractivity contribution in [1.29, 1.82) is 10.5 Å². The molecule has 0 aromatic carbocycles. The Hall–Kier alpha value is -1.75. The van der Waals surface area contributed by atoms with Crippen LogP contribution >= 0.6 is 0 Å². The fourth-order valence-corrected chi connectivity index (χ4v) is 0.247. The lowest BCUT2D eigenvalue weighted by molar-refractivity contribution is 0.137. The number of carboxylic acid groups (broad SMARTS) is 2. The van der Waals surface area contributed by atoms with Crippen LogP contribution in [0.25, 0.3) is 0 Å². The van der Waals surface area contributed by atoms with E-state index in [1.54, 1.807) is 0 Å². The molecule has 0 heterocycles. The molecule has 0 amide bonds. The van der Waals surface area contributed by atoms with E-state index in [0.717, 1.165) is 0 Å². The van der Waals surface area contributed by atoms with Crippen LogP contribution in [0.5, 0.6) is 0 Å². The van der Waals surface area contributed by atoms with E-state index in [-0.39, 0.29) is 0 Å². The maximum atomic E-state index is 8.56. The Morgan fingerprint density at radius 3 is 1.64 bits per heavy atom. The summed E-state index contributed by atoms with van der Waals surface area (Å²) in [5.41, 5.74) is 0. The fourth-order valence-electron chi connectivity index (χ4n) is 0.247. The number of carbonyl (C=O) groups is 1. The van der Waals surface area contributed by atoms with Crippen LogP contribution in [0.4, 0.5) is 4.79 Å². The minimum atomic E-state index is -1.83. The molecule has 0 aromatic heterocycles. The van der Waals surface area contributed by atoms with Crippen LogP contribution in [0.3, 0.4) is 0 Å². The molecule has 5 heteroatoms. The molecule has 0 bridgehead atoms. The molecular formula is C6H8N2O3. The number of hydrogen-bond donors (Lipinski definition) is 2. The van der Waals surface area contributed by atoms with E-state index in [1.807, 2.05) is 12.1 Å².